The van der Waals surface area contributed by atoms with Gasteiger partial charge in [0, 0.05) is 37.8 Å². The van der Waals surface area contributed by atoms with Gasteiger partial charge in [0.05, 0.1) is 17.2 Å². The number of benzene rings is 2. The van der Waals surface area contributed by atoms with Crippen molar-refractivity contribution in [3.05, 3.63) is 58.1 Å². The quantitative estimate of drug-likeness (QED) is 0.715. The van der Waals surface area contributed by atoms with Crippen LogP contribution in [0.2, 0.25) is 10.0 Å². The number of amides is 2. The van der Waals surface area contributed by atoms with Crippen molar-refractivity contribution in [3.8, 4) is 11.5 Å². The second-order valence-electron chi connectivity index (χ2n) is 6.69. The van der Waals surface area contributed by atoms with Gasteiger partial charge in [-0.2, -0.15) is 0 Å². The van der Waals surface area contributed by atoms with E-state index in [-0.39, 0.29) is 11.8 Å². The van der Waals surface area contributed by atoms with Crippen LogP contribution in [0.1, 0.15) is 17.3 Å². The van der Waals surface area contributed by atoms with Crippen molar-refractivity contribution in [2.45, 2.75) is 13.0 Å². The number of carbonyl (C=O) groups excluding carboxylic acids is 2. The number of rotatable bonds is 5. The third-order valence-electron chi connectivity index (χ3n) is 4.75. The lowest BCUT2D eigenvalue weighted by atomic mass is 10.1. The second-order valence-corrected chi connectivity index (χ2v) is 7.50. The third kappa shape index (κ3) is 5.14. The molecule has 2 aromatic rings. The molecule has 3 rings (SSSR count). The molecule has 1 unspecified atom stereocenters. The van der Waals surface area contributed by atoms with E-state index in [1.165, 1.54) is 0 Å². The van der Waals surface area contributed by atoms with Crippen LogP contribution in [0.3, 0.4) is 0 Å². The van der Waals surface area contributed by atoms with Gasteiger partial charge < -0.3 is 19.3 Å². The number of piperazine rings is 1. The summed E-state index contributed by atoms with van der Waals surface area (Å²) in [7, 11) is 1.56. The van der Waals surface area contributed by atoms with Gasteiger partial charge in [-0.25, -0.2) is 0 Å². The van der Waals surface area contributed by atoms with Gasteiger partial charge in [0.25, 0.3) is 11.8 Å². The van der Waals surface area contributed by atoms with Crippen molar-refractivity contribution >= 4 is 35.0 Å². The number of halogens is 2. The Morgan fingerprint density at radius 1 is 0.931 bits per heavy atom. The standard InChI is InChI=1S/C21H22Cl2N2O4/c1-14(29-17-6-7-18(22)19(23)13-17)20(26)24-8-10-25(11-9-24)21(27)15-4-3-5-16(12-15)28-2/h3-7,12-14H,8-11H2,1-2H3. The molecule has 0 radical (unpaired) electrons. The van der Waals surface area contributed by atoms with E-state index in [2.05, 4.69) is 0 Å². The Kier molecular flexibility index (Phi) is 6.87. The zero-order chi connectivity index (χ0) is 21.0. The minimum Gasteiger partial charge on any atom is -0.497 e. The summed E-state index contributed by atoms with van der Waals surface area (Å²) in [5.74, 6) is 0.908. The molecule has 1 fully saturated rings. The lowest BCUT2D eigenvalue weighted by molar-refractivity contribution is -0.139. The van der Waals surface area contributed by atoms with Crippen molar-refractivity contribution in [2.24, 2.45) is 0 Å². The van der Waals surface area contributed by atoms with E-state index >= 15 is 0 Å². The molecule has 2 amide bonds. The maximum absolute atomic E-state index is 12.7. The number of hydrogen-bond donors (Lipinski definition) is 0. The molecule has 0 saturated carbocycles. The number of nitrogens with zero attached hydrogens (tertiary/aromatic N) is 2. The van der Waals surface area contributed by atoms with Crippen LogP contribution in [0.25, 0.3) is 0 Å². The molecule has 0 N–H and O–H groups in total. The van der Waals surface area contributed by atoms with Crippen LogP contribution in [0.15, 0.2) is 42.5 Å². The summed E-state index contributed by atoms with van der Waals surface area (Å²) in [5.41, 5.74) is 0.570. The van der Waals surface area contributed by atoms with Crippen LogP contribution in [0.4, 0.5) is 0 Å². The van der Waals surface area contributed by atoms with E-state index in [1.54, 1.807) is 66.3 Å². The Hall–Kier alpha value is -2.44. The SMILES string of the molecule is COc1cccc(C(=O)N2CCN(C(=O)C(C)Oc3ccc(Cl)c(Cl)c3)CC2)c1. The van der Waals surface area contributed by atoms with Crippen LogP contribution in [0, 0.1) is 0 Å². The fraction of sp³-hybridized carbons (Fsp3) is 0.333. The molecule has 2 aromatic carbocycles. The molecular formula is C21H22Cl2N2O4. The molecule has 1 aliphatic rings. The molecule has 154 valence electrons. The second kappa shape index (κ2) is 9.37. The summed E-state index contributed by atoms with van der Waals surface area (Å²) in [5, 5.41) is 0.795. The minimum absolute atomic E-state index is 0.0731. The molecule has 0 aromatic heterocycles. The first-order valence-electron chi connectivity index (χ1n) is 9.23. The molecule has 1 heterocycles. The molecule has 29 heavy (non-hydrogen) atoms. The molecule has 1 aliphatic heterocycles. The van der Waals surface area contributed by atoms with Crippen LogP contribution in [0.5, 0.6) is 11.5 Å². The van der Waals surface area contributed by atoms with Gasteiger partial charge in [-0.05, 0) is 37.3 Å². The van der Waals surface area contributed by atoms with Crippen molar-refractivity contribution < 1.29 is 19.1 Å². The average molecular weight is 437 g/mol. The van der Waals surface area contributed by atoms with Gasteiger partial charge >= 0.3 is 0 Å². The van der Waals surface area contributed by atoms with Gasteiger partial charge in [-0.15, -0.1) is 0 Å². The normalized spacial score (nSPS) is 15.0. The van der Waals surface area contributed by atoms with Crippen molar-refractivity contribution in [1.82, 2.24) is 9.80 Å². The number of hydrogen-bond acceptors (Lipinski definition) is 4. The maximum atomic E-state index is 12.7. The summed E-state index contributed by atoms with van der Waals surface area (Å²) in [6.45, 7) is 3.51. The highest BCUT2D eigenvalue weighted by Gasteiger charge is 2.28. The van der Waals surface area contributed by atoms with Gasteiger partial charge in [-0.3, -0.25) is 9.59 Å². The zero-order valence-electron chi connectivity index (χ0n) is 16.2. The van der Waals surface area contributed by atoms with E-state index in [9.17, 15) is 9.59 Å². The summed E-state index contributed by atoms with van der Waals surface area (Å²) < 4.78 is 10.9. The summed E-state index contributed by atoms with van der Waals surface area (Å²) in [6.07, 6.45) is -0.673. The molecule has 1 saturated heterocycles. The summed E-state index contributed by atoms with van der Waals surface area (Å²) in [4.78, 5) is 28.8. The predicted octanol–water partition coefficient (Wildman–Crippen LogP) is 3.75. The molecule has 0 spiro atoms. The highest BCUT2D eigenvalue weighted by Crippen LogP contribution is 2.27. The zero-order valence-corrected chi connectivity index (χ0v) is 17.7. The van der Waals surface area contributed by atoms with Crippen LogP contribution >= 0.6 is 23.2 Å². The summed E-state index contributed by atoms with van der Waals surface area (Å²) >= 11 is 11.9. The lowest BCUT2D eigenvalue weighted by Gasteiger charge is -2.36. The van der Waals surface area contributed by atoms with Crippen LogP contribution < -0.4 is 9.47 Å². The Bertz CT molecular complexity index is 898. The molecule has 6 nitrogen and oxygen atoms in total. The van der Waals surface area contributed by atoms with Gasteiger partial charge in [0.2, 0.25) is 0 Å². The van der Waals surface area contributed by atoms with E-state index in [1.807, 2.05) is 0 Å². The number of ether oxygens (including phenoxy) is 2. The molecule has 8 heteroatoms. The molecule has 0 aliphatic carbocycles. The van der Waals surface area contributed by atoms with E-state index in [0.29, 0.717) is 53.3 Å². The van der Waals surface area contributed by atoms with E-state index in [0.717, 1.165) is 0 Å². The molecule has 1 atom stereocenters. The van der Waals surface area contributed by atoms with Gasteiger partial charge in [0.1, 0.15) is 11.5 Å². The Labute approximate surface area is 179 Å². The fourth-order valence-electron chi connectivity index (χ4n) is 3.13. The van der Waals surface area contributed by atoms with E-state index in [4.69, 9.17) is 32.7 Å². The highest BCUT2D eigenvalue weighted by atomic mass is 35.5. The average Bonchev–Trinajstić information content (AvgIpc) is 2.75. The Morgan fingerprint density at radius 3 is 2.28 bits per heavy atom. The monoisotopic (exact) mass is 436 g/mol. The summed E-state index contributed by atoms with van der Waals surface area (Å²) in [6, 6.07) is 11.9. The maximum Gasteiger partial charge on any atom is 0.263 e. The first-order valence-corrected chi connectivity index (χ1v) is 9.98. The Morgan fingerprint density at radius 2 is 1.62 bits per heavy atom. The Balaban J connectivity index is 1.55. The van der Waals surface area contributed by atoms with Crippen LogP contribution in [-0.2, 0) is 4.79 Å². The van der Waals surface area contributed by atoms with Gasteiger partial charge in [-0.1, -0.05) is 29.3 Å². The molecule has 0 bridgehead atoms. The first-order chi connectivity index (χ1) is 13.9. The van der Waals surface area contributed by atoms with Crippen molar-refractivity contribution in [2.75, 3.05) is 33.3 Å². The minimum atomic E-state index is -0.673. The third-order valence-corrected chi connectivity index (χ3v) is 5.49. The van der Waals surface area contributed by atoms with Crippen molar-refractivity contribution in [1.29, 1.82) is 0 Å². The molecular weight excluding hydrogens is 415 g/mol. The number of methoxy groups -OCH3 is 1. The first kappa shape index (κ1) is 21.3. The topological polar surface area (TPSA) is 59.1 Å². The lowest BCUT2D eigenvalue weighted by Crippen LogP contribution is -2.53. The van der Waals surface area contributed by atoms with Crippen molar-refractivity contribution in [3.63, 3.8) is 0 Å². The van der Waals surface area contributed by atoms with Gasteiger partial charge in [0.15, 0.2) is 6.10 Å². The van der Waals surface area contributed by atoms with Crippen LogP contribution in [-0.4, -0.2) is 61.0 Å². The predicted molar refractivity (Wildman–Crippen MR) is 112 cm³/mol. The highest BCUT2D eigenvalue weighted by molar-refractivity contribution is 6.42. The number of carbonyl (C=O) groups is 2. The smallest absolute Gasteiger partial charge is 0.263 e. The largest absolute Gasteiger partial charge is 0.497 e. The van der Waals surface area contributed by atoms with E-state index < -0.39 is 6.10 Å². The fourth-order valence-corrected chi connectivity index (χ4v) is 3.42.